The lowest BCUT2D eigenvalue weighted by Crippen LogP contribution is -2.16. The second kappa shape index (κ2) is 6.87. The molecule has 1 heterocycles. The fraction of sp³-hybridized carbons (Fsp3) is 0.111. The van der Waals surface area contributed by atoms with Crippen molar-refractivity contribution in [1.82, 2.24) is 5.43 Å². The number of phenolic OH excluding ortho intramolecular Hbond substituents is 1. The fourth-order valence-corrected chi connectivity index (χ4v) is 2.20. The van der Waals surface area contributed by atoms with Crippen LogP contribution in [0.3, 0.4) is 0 Å². The third kappa shape index (κ3) is 3.38. The zero-order valence-electron chi connectivity index (χ0n) is 13.0. The molecule has 0 atom stereocenters. The number of carbonyl (C=O) groups is 1. The molecule has 6 heteroatoms. The van der Waals surface area contributed by atoms with Crippen LogP contribution in [0.25, 0.3) is 11.0 Å². The maximum Gasteiger partial charge on any atom is 0.307 e. The standard InChI is InChI=1S/C18H16N2O4/c1-2-23-16-9-12(7-8-14(16)21)11-19-20-18(22)17-10-13-5-3-4-6-15(13)24-17/h3-11,21H,2H2,1H3,(H,20,22). The van der Waals surface area contributed by atoms with Crippen LogP contribution in [0.4, 0.5) is 0 Å². The number of nitrogens with one attached hydrogen (secondary N) is 1. The van der Waals surface area contributed by atoms with Gasteiger partial charge in [-0.25, -0.2) is 5.43 Å². The van der Waals surface area contributed by atoms with Crippen LogP contribution in [0.1, 0.15) is 23.0 Å². The second-order valence-corrected chi connectivity index (χ2v) is 5.01. The SMILES string of the molecule is CCOc1cc(C=NNC(=O)c2cc3ccccc3o2)ccc1O. The van der Waals surface area contributed by atoms with Gasteiger partial charge in [0.1, 0.15) is 5.58 Å². The number of benzene rings is 2. The minimum absolute atomic E-state index is 0.0558. The summed E-state index contributed by atoms with van der Waals surface area (Å²) in [6.07, 6.45) is 1.46. The molecule has 0 saturated carbocycles. The summed E-state index contributed by atoms with van der Waals surface area (Å²) >= 11 is 0. The predicted molar refractivity (Wildman–Crippen MR) is 90.6 cm³/mol. The number of fused-ring (bicyclic) bond motifs is 1. The van der Waals surface area contributed by atoms with Gasteiger partial charge in [-0.15, -0.1) is 0 Å². The Morgan fingerprint density at radius 3 is 2.92 bits per heavy atom. The Morgan fingerprint density at radius 2 is 2.12 bits per heavy atom. The van der Waals surface area contributed by atoms with E-state index in [2.05, 4.69) is 10.5 Å². The molecule has 0 aliphatic carbocycles. The molecule has 24 heavy (non-hydrogen) atoms. The first-order valence-corrected chi connectivity index (χ1v) is 7.45. The smallest absolute Gasteiger partial charge is 0.307 e. The normalized spacial score (nSPS) is 11.0. The van der Waals surface area contributed by atoms with Gasteiger partial charge in [-0.1, -0.05) is 18.2 Å². The van der Waals surface area contributed by atoms with E-state index in [0.717, 1.165) is 5.39 Å². The van der Waals surface area contributed by atoms with E-state index in [9.17, 15) is 9.90 Å². The van der Waals surface area contributed by atoms with E-state index in [1.807, 2.05) is 25.1 Å². The number of amides is 1. The molecule has 0 spiro atoms. The van der Waals surface area contributed by atoms with Crippen molar-refractivity contribution in [2.75, 3.05) is 6.61 Å². The summed E-state index contributed by atoms with van der Waals surface area (Å²) in [4.78, 5) is 12.0. The van der Waals surface area contributed by atoms with Gasteiger partial charge in [-0.05, 0) is 42.8 Å². The third-order valence-electron chi connectivity index (χ3n) is 3.31. The van der Waals surface area contributed by atoms with Crippen LogP contribution in [-0.4, -0.2) is 23.8 Å². The molecule has 122 valence electrons. The van der Waals surface area contributed by atoms with Gasteiger partial charge in [-0.2, -0.15) is 5.10 Å². The van der Waals surface area contributed by atoms with Gasteiger partial charge in [0.15, 0.2) is 17.3 Å². The summed E-state index contributed by atoms with van der Waals surface area (Å²) < 4.78 is 10.8. The quantitative estimate of drug-likeness (QED) is 0.557. The number of aromatic hydroxyl groups is 1. The predicted octanol–water partition coefficient (Wildman–Crippen LogP) is 3.30. The highest BCUT2D eigenvalue weighted by molar-refractivity contribution is 5.96. The van der Waals surface area contributed by atoms with Gasteiger partial charge >= 0.3 is 5.91 Å². The minimum Gasteiger partial charge on any atom is -0.504 e. The summed E-state index contributed by atoms with van der Waals surface area (Å²) in [6, 6.07) is 13.8. The molecule has 0 saturated heterocycles. The van der Waals surface area contributed by atoms with Crippen molar-refractivity contribution in [3.05, 3.63) is 59.9 Å². The van der Waals surface area contributed by atoms with Gasteiger partial charge in [0.05, 0.1) is 12.8 Å². The summed E-state index contributed by atoms with van der Waals surface area (Å²) in [7, 11) is 0. The Morgan fingerprint density at radius 1 is 1.29 bits per heavy atom. The molecule has 0 fully saturated rings. The minimum atomic E-state index is -0.439. The molecule has 0 bridgehead atoms. The van der Waals surface area contributed by atoms with E-state index in [1.54, 1.807) is 24.3 Å². The molecule has 2 N–H and O–H groups in total. The highest BCUT2D eigenvalue weighted by Gasteiger charge is 2.11. The first kappa shape index (κ1) is 15.6. The van der Waals surface area contributed by atoms with Gasteiger partial charge in [0.25, 0.3) is 0 Å². The molecule has 0 unspecified atom stereocenters. The third-order valence-corrected chi connectivity index (χ3v) is 3.31. The first-order chi connectivity index (χ1) is 11.7. The van der Waals surface area contributed by atoms with E-state index in [0.29, 0.717) is 23.5 Å². The molecule has 2 aromatic carbocycles. The summed E-state index contributed by atoms with van der Waals surface area (Å²) in [5, 5.41) is 14.4. The van der Waals surface area contributed by atoms with Crippen molar-refractivity contribution in [2.24, 2.45) is 5.10 Å². The zero-order valence-corrected chi connectivity index (χ0v) is 13.0. The number of nitrogens with zero attached hydrogens (tertiary/aromatic N) is 1. The van der Waals surface area contributed by atoms with Crippen LogP contribution < -0.4 is 10.2 Å². The highest BCUT2D eigenvalue weighted by Crippen LogP contribution is 2.26. The second-order valence-electron chi connectivity index (χ2n) is 5.01. The molecule has 1 aromatic heterocycles. The van der Waals surface area contributed by atoms with Gasteiger partial charge in [0.2, 0.25) is 0 Å². The largest absolute Gasteiger partial charge is 0.504 e. The van der Waals surface area contributed by atoms with Crippen molar-refractivity contribution in [1.29, 1.82) is 0 Å². The van der Waals surface area contributed by atoms with Crippen molar-refractivity contribution < 1.29 is 19.1 Å². The lowest BCUT2D eigenvalue weighted by Gasteiger charge is -2.05. The van der Waals surface area contributed by atoms with Gasteiger partial charge in [0, 0.05) is 5.39 Å². The average molecular weight is 324 g/mol. The number of hydrogen-bond donors (Lipinski definition) is 2. The van der Waals surface area contributed by atoms with E-state index < -0.39 is 5.91 Å². The summed E-state index contributed by atoms with van der Waals surface area (Å²) in [5.41, 5.74) is 3.73. The lowest BCUT2D eigenvalue weighted by atomic mass is 10.2. The van der Waals surface area contributed by atoms with E-state index in [-0.39, 0.29) is 11.5 Å². The van der Waals surface area contributed by atoms with Crippen LogP contribution in [0, 0.1) is 0 Å². The van der Waals surface area contributed by atoms with Crippen molar-refractivity contribution in [2.45, 2.75) is 6.92 Å². The molecule has 1 amide bonds. The van der Waals surface area contributed by atoms with Gasteiger partial charge < -0.3 is 14.3 Å². The topological polar surface area (TPSA) is 84.1 Å². The molecular weight excluding hydrogens is 308 g/mol. The summed E-state index contributed by atoms with van der Waals surface area (Å²) in [5.74, 6) is 0.172. The maximum atomic E-state index is 12.0. The van der Waals surface area contributed by atoms with E-state index in [1.165, 1.54) is 12.3 Å². The number of ether oxygens (including phenoxy) is 1. The Balaban J connectivity index is 1.69. The molecular formula is C18H16N2O4. The highest BCUT2D eigenvalue weighted by atomic mass is 16.5. The Hall–Kier alpha value is -3.28. The van der Waals surface area contributed by atoms with Crippen LogP contribution in [0.5, 0.6) is 11.5 Å². The van der Waals surface area contributed by atoms with Crippen LogP contribution in [0.15, 0.2) is 58.0 Å². The first-order valence-electron chi connectivity index (χ1n) is 7.45. The van der Waals surface area contributed by atoms with E-state index >= 15 is 0 Å². The van der Waals surface area contributed by atoms with Crippen LogP contribution in [-0.2, 0) is 0 Å². The Kier molecular flexibility index (Phi) is 4.47. The monoisotopic (exact) mass is 324 g/mol. The number of para-hydroxylation sites is 1. The number of phenols is 1. The van der Waals surface area contributed by atoms with Crippen molar-refractivity contribution in [3.8, 4) is 11.5 Å². The average Bonchev–Trinajstić information content (AvgIpc) is 3.02. The zero-order chi connectivity index (χ0) is 16.9. The molecule has 0 radical (unpaired) electrons. The number of hydrogen-bond acceptors (Lipinski definition) is 5. The number of furan rings is 1. The Labute approximate surface area is 138 Å². The lowest BCUT2D eigenvalue weighted by molar-refractivity contribution is 0.0929. The molecule has 0 aliphatic heterocycles. The van der Waals surface area contributed by atoms with Crippen molar-refractivity contribution >= 4 is 23.1 Å². The number of hydrazone groups is 1. The fourth-order valence-electron chi connectivity index (χ4n) is 2.20. The van der Waals surface area contributed by atoms with Crippen LogP contribution >= 0.6 is 0 Å². The molecule has 3 rings (SSSR count). The molecule has 0 aliphatic rings. The van der Waals surface area contributed by atoms with Gasteiger partial charge in [-0.3, -0.25) is 4.79 Å². The number of carbonyl (C=O) groups excluding carboxylic acids is 1. The molecule has 3 aromatic rings. The summed E-state index contributed by atoms with van der Waals surface area (Å²) in [6.45, 7) is 2.27. The maximum absolute atomic E-state index is 12.0. The number of rotatable bonds is 5. The van der Waals surface area contributed by atoms with E-state index in [4.69, 9.17) is 9.15 Å². The van der Waals surface area contributed by atoms with Crippen molar-refractivity contribution in [3.63, 3.8) is 0 Å². The Bertz CT molecular complexity index is 866. The van der Waals surface area contributed by atoms with Crippen LogP contribution in [0.2, 0.25) is 0 Å². The molecule has 6 nitrogen and oxygen atoms in total.